The summed E-state index contributed by atoms with van der Waals surface area (Å²) in [4.78, 5) is 1.54. The first kappa shape index (κ1) is 16.9. The molecule has 0 atom stereocenters. The molecule has 0 fully saturated rings. The third-order valence-electron chi connectivity index (χ3n) is 4.57. The molecule has 0 aromatic carbocycles. The van der Waals surface area contributed by atoms with Gasteiger partial charge in [-0.05, 0) is 62.7 Å². The Labute approximate surface area is 149 Å². The summed E-state index contributed by atoms with van der Waals surface area (Å²) >= 11 is 1.90. The number of hydrogen-bond donors (Lipinski definition) is 1. The van der Waals surface area contributed by atoms with Gasteiger partial charge in [0.2, 0.25) is 0 Å². The molecule has 1 N–H and O–H groups in total. The molecule has 3 rings (SSSR count). The first-order chi connectivity index (χ1) is 11.6. The minimum Gasteiger partial charge on any atom is -0.351 e. The summed E-state index contributed by atoms with van der Waals surface area (Å²) < 4.78 is 0. The molecular formula is C22H25NS. The van der Waals surface area contributed by atoms with Gasteiger partial charge < -0.3 is 5.32 Å². The number of anilines is 1. The van der Waals surface area contributed by atoms with Gasteiger partial charge in [0.05, 0.1) is 0 Å². The Bertz CT molecular complexity index is 777. The fourth-order valence-electron chi connectivity index (χ4n) is 3.33. The average Bonchev–Trinajstić information content (AvgIpc) is 2.73. The summed E-state index contributed by atoms with van der Waals surface area (Å²) in [7, 11) is 0. The van der Waals surface area contributed by atoms with E-state index in [0.717, 1.165) is 30.5 Å². The third kappa shape index (κ3) is 3.91. The summed E-state index contributed by atoms with van der Waals surface area (Å²) in [6, 6.07) is 0. The third-order valence-corrected chi connectivity index (χ3v) is 5.77. The maximum absolute atomic E-state index is 4.25. The molecule has 0 bridgehead atoms. The maximum atomic E-state index is 4.25. The van der Waals surface area contributed by atoms with Crippen LogP contribution in [0.15, 0.2) is 42.7 Å². The van der Waals surface area contributed by atoms with Gasteiger partial charge in [0.25, 0.3) is 0 Å². The lowest BCUT2D eigenvalue weighted by Crippen LogP contribution is -2.02. The van der Waals surface area contributed by atoms with E-state index in [9.17, 15) is 0 Å². The summed E-state index contributed by atoms with van der Waals surface area (Å²) in [5, 5.41) is 4.83. The number of rotatable bonds is 6. The van der Waals surface area contributed by atoms with Crippen molar-refractivity contribution in [3.05, 3.63) is 58.7 Å². The van der Waals surface area contributed by atoms with E-state index in [0.29, 0.717) is 0 Å². The van der Waals surface area contributed by atoms with Gasteiger partial charge >= 0.3 is 0 Å². The lowest BCUT2D eigenvalue weighted by molar-refractivity contribution is 0.696. The van der Waals surface area contributed by atoms with Crippen molar-refractivity contribution in [2.75, 3.05) is 5.32 Å². The van der Waals surface area contributed by atoms with Gasteiger partial charge in [-0.2, -0.15) is 0 Å². The van der Waals surface area contributed by atoms with Gasteiger partial charge in [0.15, 0.2) is 0 Å². The van der Waals surface area contributed by atoms with Crippen LogP contribution in [-0.4, -0.2) is 0 Å². The molecule has 1 aromatic rings. The van der Waals surface area contributed by atoms with Gasteiger partial charge in [0.1, 0.15) is 5.00 Å². The minimum atomic E-state index is 0.866. The highest BCUT2D eigenvalue weighted by Gasteiger charge is 2.21. The van der Waals surface area contributed by atoms with Gasteiger partial charge in [-0.1, -0.05) is 42.7 Å². The fraction of sp³-hybridized carbons (Fsp3) is 0.364. The molecule has 124 valence electrons. The molecule has 2 heteroatoms. The van der Waals surface area contributed by atoms with E-state index in [4.69, 9.17) is 0 Å². The number of allylic oxidation sites excluding steroid dienone is 6. The second-order valence-corrected chi connectivity index (χ2v) is 7.71. The van der Waals surface area contributed by atoms with Crippen LogP contribution in [0, 0.1) is 11.8 Å². The smallest absolute Gasteiger partial charge is 0.101 e. The summed E-state index contributed by atoms with van der Waals surface area (Å²) in [6.07, 6.45) is 14.0. The SMILES string of the molecule is C=C(CCC1=CC=CC#CC1)Nc1sc2c(c1C(=C)C)CCCC2. The molecule has 1 nitrogen and oxygen atoms in total. The van der Waals surface area contributed by atoms with Crippen LogP contribution < -0.4 is 5.32 Å². The number of thiophene rings is 1. The molecule has 24 heavy (non-hydrogen) atoms. The Balaban J connectivity index is 1.67. The van der Waals surface area contributed by atoms with Gasteiger partial charge in [-0.25, -0.2) is 0 Å². The number of hydrogen-bond acceptors (Lipinski definition) is 2. The summed E-state index contributed by atoms with van der Waals surface area (Å²) in [5.74, 6) is 6.19. The highest BCUT2D eigenvalue weighted by Crippen LogP contribution is 2.41. The van der Waals surface area contributed by atoms with Gasteiger partial charge in [0, 0.05) is 22.6 Å². The standard InChI is InChI=1S/C22H25NS/c1-16(2)21-19-12-8-9-13-20(19)24-22(21)23-17(3)14-15-18-10-6-4-5-7-11-18/h4,6,10,23H,1,3,8-9,11-15H2,2H3. The maximum Gasteiger partial charge on any atom is 0.101 e. The van der Waals surface area contributed by atoms with E-state index >= 15 is 0 Å². The van der Waals surface area contributed by atoms with Crippen LogP contribution >= 0.6 is 11.3 Å². The van der Waals surface area contributed by atoms with Crippen LogP contribution in [0.2, 0.25) is 0 Å². The van der Waals surface area contributed by atoms with Crippen LogP contribution in [0.25, 0.3) is 5.57 Å². The highest BCUT2D eigenvalue weighted by molar-refractivity contribution is 7.16. The molecular weight excluding hydrogens is 310 g/mol. The minimum absolute atomic E-state index is 0.866. The van der Waals surface area contributed by atoms with E-state index in [1.807, 2.05) is 23.5 Å². The predicted molar refractivity (Wildman–Crippen MR) is 107 cm³/mol. The zero-order valence-corrected chi connectivity index (χ0v) is 15.3. The van der Waals surface area contributed by atoms with Crippen molar-refractivity contribution in [1.29, 1.82) is 0 Å². The number of fused-ring (bicyclic) bond motifs is 1. The normalized spacial score (nSPS) is 15.6. The molecule has 0 saturated carbocycles. The molecule has 0 spiro atoms. The molecule has 1 aromatic heterocycles. The second-order valence-electron chi connectivity index (χ2n) is 6.61. The van der Waals surface area contributed by atoms with Crippen LogP contribution in [0.3, 0.4) is 0 Å². The Morgan fingerprint density at radius 1 is 1.29 bits per heavy atom. The van der Waals surface area contributed by atoms with Crippen molar-refractivity contribution < 1.29 is 0 Å². The van der Waals surface area contributed by atoms with Gasteiger partial charge in [-0.15, -0.1) is 11.3 Å². The van der Waals surface area contributed by atoms with Crippen molar-refractivity contribution in [2.45, 2.75) is 51.9 Å². The van der Waals surface area contributed by atoms with Gasteiger partial charge in [-0.3, -0.25) is 0 Å². The van der Waals surface area contributed by atoms with E-state index in [2.05, 4.69) is 43.3 Å². The number of nitrogens with one attached hydrogen (secondary N) is 1. The van der Waals surface area contributed by atoms with Crippen LogP contribution in [-0.2, 0) is 12.8 Å². The van der Waals surface area contributed by atoms with Crippen molar-refractivity contribution in [2.24, 2.45) is 0 Å². The lowest BCUT2D eigenvalue weighted by Gasteiger charge is -2.14. The van der Waals surface area contributed by atoms with E-state index in [1.165, 1.54) is 47.4 Å². The zero-order valence-electron chi connectivity index (χ0n) is 14.5. The molecule has 2 aliphatic carbocycles. The highest BCUT2D eigenvalue weighted by atomic mass is 32.1. The Morgan fingerprint density at radius 3 is 2.96 bits per heavy atom. The van der Waals surface area contributed by atoms with Crippen LogP contribution in [0.4, 0.5) is 5.00 Å². The Kier molecular flexibility index (Phi) is 5.43. The lowest BCUT2D eigenvalue weighted by atomic mass is 9.93. The number of aryl methyl sites for hydroxylation is 1. The summed E-state index contributed by atoms with van der Waals surface area (Å²) in [5.41, 5.74) is 6.50. The first-order valence-corrected chi connectivity index (χ1v) is 9.55. The van der Waals surface area contributed by atoms with Crippen LogP contribution in [0.1, 0.15) is 55.0 Å². The van der Waals surface area contributed by atoms with Crippen LogP contribution in [0.5, 0.6) is 0 Å². The monoisotopic (exact) mass is 335 g/mol. The molecule has 1 heterocycles. The Hall–Kier alpha value is -1.98. The summed E-state index contributed by atoms with van der Waals surface area (Å²) in [6.45, 7) is 10.6. The zero-order chi connectivity index (χ0) is 16.9. The van der Waals surface area contributed by atoms with E-state index in [1.54, 1.807) is 4.88 Å². The van der Waals surface area contributed by atoms with E-state index < -0.39 is 0 Å². The molecule has 0 radical (unpaired) electrons. The van der Waals surface area contributed by atoms with Crippen molar-refractivity contribution >= 4 is 21.9 Å². The molecule has 0 aliphatic heterocycles. The Morgan fingerprint density at radius 2 is 2.12 bits per heavy atom. The fourth-order valence-corrected chi connectivity index (χ4v) is 4.74. The van der Waals surface area contributed by atoms with Crippen molar-refractivity contribution in [3.63, 3.8) is 0 Å². The predicted octanol–water partition coefficient (Wildman–Crippen LogP) is 6.26. The average molecular weight is 336 g/mol. The largest absolute Gasteiger partial charge is 0.351 e. The molecule has 2 aliphatic rings. The molecule has 0 amide bonds. The van der Waals surface area contributed by atoms with Crippen molar-refractivity contribution in [3.8, 4) is 11.8 Å². The van der Waals surface area contributed by atoms with Crippen molar-refractivity contribution in [1.82, 2.24) is 0 Å². The quantitative estimate of drug-likeness (QED) is 0.605. The topological polar surface area (TPSA) is 12.0 Å². The molecule has 0 unspecified atom stereocenters. The molecule has 0 saturated heterocycles. The first-order valence-electron chi connectivity index (χ1n) is 8.73. The van der Waals surface area contributed by atoms with E-state index in [-0.39, 0.29) is 0 Å². The second kappa shape index (κ2) is 7.73.